The summed E-state index contributed by atoms with van der Waals surface area (Å²) in [6, 6.07) is 11.9. The van der Waals surface area contributed by atoms with Gasteiger partial charge in [-0.05, 0) is 82.6 Å². The third-order valence-electron chi connectivity index (χ3n) is 7.00. The average molecular weight is 566 g/mol. The maximum absolute atomic E-state index is 14.4. The molecule has 0 aromatic heterocycles. The van der Waals surface area contributed by atoms with E-state index in [0.717, 1.165) is 53.6 Å². The topological polar surface area (TPSA) is 87.7 Å². The molecule has 2 aromatic rings. The van der Waals surface area contributed by atoms with E-state index < -0.39 is 23.8 Å². The van der Waals surface area contributed by atoms with Gasteiger partial charge in [-0.2, -0.15) is 0 Å². The van der Waals surface area contributed by atoms with Crippen molar-refractivity contribution in [2.24, 2.45) is 5.92 Å². The minimum Gasteiger partial charge on any atom is -0.444 e. The number of aryl methyl sites for hydroxylation is 3. The van der Waals surface area contributed by atoms with Crippen molar-refractivity contribution in [1.82, 2.24) is 10.2 Å². The van der Waals surface area contributed by atoms with Gasteiger partial charge in [-0.1, -0.05) is 82.5 Å². The number of amides is 3. The molecule has 0 heterocycles. The molecule has 41 heavy (non-hydrogen) atoms. The molecule has 7 nitrogen and oxygen atoms in total. The number of para-hydroxylation sites is 1. The Labute approximate surface area is 247 Å². The molecule has 2 aromatic carbocycles. The predicted octanol–water partition coefficient (Wildman–Crippen LogP) is 7.64. The van der Waals surface area contributed by atoms with Crippen molar-refractivity contribution in [2.45, 2.75) is 112 Å². The lowest BCUT2D eigenvalue weighted by Gasteiger charge is -2.35. The zero-order valence-electron chi connectivity index (χ0n) is 26.6. The number of nitrogens with zero attached hydrogens (tertiary/aromatic N) is 1. The largest absolute Gasteiger partial charge is 0.444 e. The van der Waals surface area contributed by atoms with Crippen molar-refractivity contribution in [3.63, 3.8) is 0 Å². The molecule has 2 rings (SSSR count). The Morgan fingerprint density at radius 3 is 2.05 bits per heavy atom. The van der Waals surface area contributed by atoms with Crippen LogP contribution in [0.1, 0.15) is 102 Å². The number of carbonyl (C=O) groups excluding carboxylic acids is 3. The third-order valence-corrected chi connectivity index (χ3v) is 7.00. The van der Waals surface area contributed by atoms with Crippen LogP contribution in [0.2, 0.25) is 0 Å². The highest BCUT2D eigenvalue weighted by Gasteiger charge is 2.37. The van der Waals surface area contributed by atoms with Gasteiger partial charge in [0.05, 0.1) is 0 Å². The number of benzene rings is 2. The molecule has 0 saturated heterocycles. The number of unbranched alkanes of at least 4 members (excludes halogenated alkanes) is 3. The first-order chi connectivity index (χ1) is 19.2. The number of rotatable bonds is 13. The first-order valence-electron chi connectivity index (χ1n) is 15.0. The summed E-state index contributed by atoms with van der Waals surface area (Å²) in [7, 11) is 0. The number of alkyl carbamates (subject to hydrolysis) is 1. The van der Waals surface area contributed by atoms with Crippen molar-refractivity contribution in [1.29, 1.82) is 0 Å². The first-order valence-corrected chi connectivity index (χ1v) is 15.0. The second-order valence-corrected chi connectivity index (χ2v) is 12.4. The van der Waals surface area contributed by atoms with Crippen LogP contribution in [0.25, 0.3) is 0 Å². The Bertz CT molecular complexity index is 1150. The molecule has 0 aliphatic heterocycles. The Hall–Kier alpha value is -3.35. The van der Waals surface area contributed by atoms with Gasteiger partial charge >= 0.3 is 6.09 Å². The van der Waals surface area contributed by atoms with E-state index in [1.54, 1.807) is 25.7 Å². The molecule has 0 fully saturated rings. The Morgan fingerprint density at radius 2 is 1.49 bits per heavy atom. The van der Waals surface area contributed by atoms with Crippen molar-refractivity contribution in [2.75, 3.05) is 11.9 Å². The van der Waals surface area contributed by atoms with E-state index in [2.05, 4.69) is 17.6 Å². The lowest BCUT2D eigenvalue weighted by Crippen LogP contribution is -2.53. The van der Waals surface area contributed by atoms with E-state index in [0.29, 0.717) is 13.0 Å². The van der Waals surface area contributed by atoms with Crippen molar-refractivity contribution in [3.05, 3.63) is 64.7 Å². The Morgan fingerprint density at radius 1 is 0.878 bits per heavy atom. The molecule has 2 N–H and O–H groups in total. The van der Waals surface area contributed by atoms with Crippen molar-refractivity contribution < 1.29 is 19.1 Å². The van der Waals surface area contributed by atoms with Gasteiger partial charge in [-0.3, -0.25) is 9.59 Å². The molecule has 2 unspecified atom stereocenters. The molecule has 0 aliphatic rings. The van der Waals surface area contributed by atoms with Gasteiger partial charge in [-0.25, -0.2) is 4.79 Å². The van der Waals surface area contributed by atoms with Crippen LogP contribution in [0, 0.1) is 26.7 Å². The van der Waals surface area contributed by atoms with E-state index in [1.807, 2.05) is 77.1 Å². The summed E-state index contributed by atoms with van der Waals surface area (Å²) in [6.45, 7) is 17.8. The number of ether oxygens (including phenoxy) is 1. The third kappa shape index (κ3) is 10.5. The fourth-order valence-corrected chi connectivity index (χ4v) is 4.97. The standard InChI is InChI=1S/C34H51N3O4/c1-10-11-12-15-21-37(32(39)28(22-23(2)3)35-33(40)41-34(7,8)9)30(27-20-14-13-17-24(27)4)31(38)36-29-25(5)18-16-19-26(29)6/h13-14,16-20,23,28,30H,10-12,15,21-22H2,1-9H3,(H,35,40)(H,36,38). The maximum atomic E-state index is 14.4. The summed E-state index contributed by atoms with van der Waals surface area (Å²) >= 11 is 0. The minimum atomic E-state index is -0.876. The second-order valence-electron chi connectivity index (χ2n) is 12.4. The van der Waals surface area contributed by atoms with Gasteiger partial charge in [0.15, 0.2) is 0 Å². The molecule has 0 radical (unpaired) electrons. The summed E-state index contributed by atoms with van der Waals surface area (Å²) in [5, 5.41) is 5.98. The molecule has 0 saturated carbocycles. The van der Waals surface area contributed by atoms with Crippen LogP contribution in [0.5, 0.6) is 0 Å². The van der Waals surface area contributed by atoms with Crippen LogP contribution in [0.15, 0.2) is 42.5 Å². The second kappa shape index (κ2) is 15.6. The SMILES string of the molecule is CCCCCCN(C(=O)C(CC(C)C)NC(=O)OC(C)(C)C)C(C(=O)Nc1c(C)cccc1C)c1ccccc1C. The molecule has 226 valence electrons. The summed E-state index contributed by atoms with van der Waals surface area (Å²) in [5.74, 6) is -0.437. The van der Waals surface area contributed by atoms with Gasteiger partial charge in [0.2, 0.25) is 5.91 Å². The Balaban J connectivity index is 2.59. The summed E-state index contributed by atoms with van der Waals surface area (Å²) in [6.07, 6.45) is 3.56. The summed E-state index contributed by atoms with van der Waals surface area (Å²) in [4.78, 5) is 43.2. The first kappa shape index (κ1) is 33.9. The lowest BCUT2D eigenvalue weighted by atomic mass is 9.95. The highest BCUT2D eigenvalue weighted by molar-refractivity contribution is 6.00. The molecule has 0 bridgehead atoms. The van der Waals surface area contributed by atoms with Gasteiger partial charge in [0.25, 0.3) is 5.91 Å². The van der Waals surface area contributed by atoms with E-state index >= 15 is 0 Å². The van der Waals surface area contributed by atoms with E-state index in [-0.39, 0.29) is 17.7 Å². The van der Waals surface area contributed by atoms with Crippen molar-refractivity contribution in [3.8, 4) is 0 Å². The van der Waals surface area contributed by atoms with Crippen LogP contribution in [0.3, 0.4) is 0 Å². The van der Waals surface area contributed by atoms with E-state index in [9.17, 15) is 14.4 Å². The molecule has 7 heteroatoms. The fourth-order valence-electron chi connectivity index (χ4n) is 4.97. The van der Waals surface area contributed by atoms with Gasteiger partial charge < -0.3 is 20.3 Å². The maximum Gasteiger partial charge on any atom is 0.408 e. The number of hydrogen-bond acceptors (Lipinski definition) is 4. The zero-order valence-corrected chi connectivity index (χ0v) is 26.6. The molecular weight excluding hydrogens is 514 g/mol. The zero-order chi connectivity index (χ0) is 30.7. The normalized spacial score (nSPS) is 12.9. The highest BCUT2D eigenvalue weighted by Crippen LogP contribution is 2.30. The molecule has 0 aliphatic carbocycles. The van der Waals surface area contributed by atoms with E-state index in [4.69, 9.17) is 4.74 Å². The van der Waals surface area contributed by atoms with Gasteiger partial charge in [0.1, 0.15) is 17.7 Å². The van der Waals surface area contributed by atoms with Crippen molar-refractivity contribution >= 4 is 23.6 Å². The quantitative estimate of drug-likeness (QED) is 0.244. The van der Waals surface area contributed by atoms with Crippen LogP contribution < -0.4 is 10.6 Å². The number of carbonyl (C=O) groups is 3. The monoisotopic (exact) mass is 565 g/mol. The smallest absolute Gasteiger partial charge is 0.408 e. The number of nitrogens with one attached hydrogen (secondary N) is 2. The van der Waals surface area contributed by atoms with E-state index in [1.165, 1.54) is 0 Å². The number of hydrogen-bond donors (Lipinski definition) is 2. The average Bonchev–Trinajstić information content (AvgIpc) is 2.86. The van der Waals surface area contributed by atoms with Crippen LogP contribution in [0.4, 0.5) is 10.5 Å². The molecule has 3 amide bonds. The highest BCUT2D eigenvalue weighted by atomic mass is 16.6. The minimum absolute atomic E-state index is 0.126. The Kier molecular flexibility index (Phi) is 12.9. The summed E-state index contributed by atoms with van der Waals surface area (Å²) < 4.78 is 5.51. The summed E-state index contributed by atoms with van der Waals surface area (Å²) in [5.41, 5.74) is 3.63. The lowest BCUT2D eigenvalue weighted by molar-refractivity contribution is -0.141. The predicted molar refractivity (Wildman–Crippen MR) is 167 cm³/mol. The molecule has 2 atom stereocenters. The number of anilines is 1. The van der Waals surface area contributed by atoms with Gasteiger partial charge in [-0.15, -0.1) is 0 Å². The van der Waals surface area contributed by atoms with Crippen LogP contribution in [-0.2, 0) is 14.3 Å². The molecular formula is C34H51N3O4. The van der Waals surface area contributed by atoms with Gasteiger partial charge in [0, 0.05) is 12.2 Å². The molecule has 0 spiro atoms. The fraction of sp³-hybridized carbons (Fsp3) is 0.559. The van der Waals surface area contributed by atoms with Crippen LogP contribution in [-0.4, -0.2) is 41.0 Å². The van der Waals surface area contributed by atoms with Crippen LogP contribution >= 0.6 is 0 Å².